The summed E-state index contributed by atoms with van der Waals surface area (Å²) in [6.45, 7) is 1.40. The van der Waals surface area contributed by atoms with Gasteiger partial charge < -0.3 is 14.3 Å². The van der Waals surface area contributed by atoms with E-state index in [1.165, 1.54) is 36.4 Å². The number of anilines is 1. The zero-order valence-electron chi connectivity index (χ0n) is 17.4. The summed E-state index contributed by atoms with van der Waals surface area (Å²) < 4.78 is 38.0. The molecule has 0 spiro atoms. The molecule has 0 atom stereocenters. The number of rotatable bonds is 6. The molecule has 0 saturated carbocycles. The van der Waals surface area contributed by atoms with Gasteiger partial charge in [0.15, 0.2) is 0 Å². The number of benzene rings is 3. The third kappa shape index (κ3) is 4.73. The summed E-state index contributed by atoms with van der Waals surface area (Å²) >= 11 is 0. The fraction of sp³-hybridized carbons (Fsp3) is 0.0833. The molecule has 168 valence electrons. The minimum atomic E-state index is -3.82. The van der Waals surface area contributed by atoms with Crippen LogP contribution in [0.3, 0.4) is 0 Å². The van der Waals surface area contributed by atoms with E-state index in [1.54, 1.807) is 43.3 Å². The molecule has 0 unspecified atom stereocenters. The minimum Gasteiger partial charge on any atom is -0.508 e. The molecule has 1 heterocycles. The molecule has 0 aliphatic carbocycles. The highest BCUT2D eigenvalue weighted by molar-refractivity contribution is 7.92. The number of fused-ring (bicyclic) bond motifs is 1. The zero-order chi connectivity index (χ0) is 23.6. The van der Waals surface area contributed by atoms with Gasteiger partial charge in [0.25, 0.3) is 10.0 Å². The van der Waals surface area contributed by atoms with E-state index in [1.807, 2.05) is 0 Å². The number of hydrogen-bond donors (Lipinski definition) is 2. The van der Waals surface area contributed by atoms with Crippen LogP contribution in [0.2, 0.25) is 0 Å². The smallest absolute Gasteiger partial charge is 0.338 e. The second-order valence-electron chi connectivity index (χ2n) is 7.25. The van der Waals surface area contributed by atoms with Gasteiger partial charge in [0.2, 0.25) is 0 Å². The summed E-state index contributed by atoms with van der Waals surface area (Å²) in [5, 5.41) is 10.4. The molecule has 4 aromatic rings. The van der Waals surface area contributed by atoms with Gasteiger partial charge in [-0.2, -0.15) is 0 Å². The SMILES string of the molecule is Cc1c(O)ccc2c(COC(=O)c3ccc(S(=O)(=O)Nc4ccccc4)cc3)cc(=O)oc12. The van der Waals surface area contributed by atoms with Crippen LogP contribution in [0.5, 0.6) is 5.75 Å². The second-order valence-corrected chi connectivity index (χ2v) is 8.93. The fourth-order valence-corrected chi connectivity index (χ4v) is 4.31. The largest absolute Gasteiger partial charge is 0.508 e. The summed E-state index contributed by atoms with van der Waals surface area (Å²) in [6, 6.07) is 18.0. The number of ether oxygens (including phenoxy) is 1. The fourth-order valence-electron chi connectivity index (χ4n) is 3.25. The molecule has 0 radical (unpaired) electrons. The number of phenolic OH excluding ortho intramolecular Hbond substituents is 1. The molecule has 33 heavy (non-hydrogen) atoms. The van der Waals surface area contributed by atoms with Crippen LogP contribution in [0.1, 0.15) is 21.5 Å². The Morgan fingerprint density at radius 2 is 1.73 bits per heavy atom. The third-order valence-corrected chi connectivity index (χ3v) is 6.40. The summed E-state index contributed by atoms with van der Waals surface area (Å²) in [5.74, 6) is -0.705. The van der Waals surface area contributed by atoms with E-state index in [2.05, 4.69) is 4.72 Å². The van der Waals surface area contributed by atoms with Gasteiger partial charge in [-0.1, -0.05) is 18.2 Å². The first kappa shape index (κ1) is 22.1. The van der Waals surface area contributed by atoms with Crippen molar-refractivity contribution >= 4 is 32.6 Å². The topological polar surface area (TPSA) is 123 Å². The van der Waals surface area contributed by atoms with Crippen LogP contribution in [-0.4, -0.2) is 19.5 Å². The van der Waals surface area contributed by atoms with Gasteiger partial charge in [-0.3, -0.25) is 4.72 Å². The van der Waals surface area contributed by atoms with Gasteiger partial charge in [-0.25, -0.2) is 18.0 Å². The Balaban J connectivity index is 1.50. The molecule has 9 heteroatoms. The van der Waals surface area contributed by atoms with Crippen molar-refractivity contribution in [3.8, 4) is 5.75 Å². The molecule has 0 fully saturated rings. The Hall–Kier alpha value is -4.11. The Morgan fingerprint density at radius 3 is 2.42 bits per heavy atom. The van der Waals surface area contributed by atoms with Crippen molar-refractivity contribution in [1.29, 1.82) is 0 Å². The molecule has 4 rings (SSSR count). The molecule has 0 saturated heterocycles. The molecule has 8 nitrogen and oxygen atoms in total. The highest BCUT2D eigenvalue weighted by Crippen LogP contribution is 2.27. The lowest BCUT2D eigenvalue weighted by Crippen LogP contribution is -2.13. The first-order valence-corrected chi connectivity index (χ1v) is 11.3. The van der Waals surface area contributed by atoms with Crippen molar-refractivity contribution in [2.24, 2.45) is 0 Å². The minimum absolute atomic E-state index is 0.00940. The van der Waals surface area contributed by atoms with E-state index < -0.39 is 21.6 Å². The predicted molar refractivity (Wildman–Crippen MR) is 122 cm³/mol. The van der Waals surface area contributed by atoms with Gasteiger partial charge in [0.1, 0.15) is 17.9 Å². The number of esters is 1. The van der Waals surface area contributed by atoms with Crippen molar-refractivity contribution in [1.82, 2.24) is 0 Å². The van der Waals surface area contributed by atoms with Crippen LogP contribution in [-0.2, 0) is 21.4 Å². The van der Waals surface area contributed by atoms with Crippen LogP contribution in [0.4, 0.5) is 5.69 Å². The third-order valence-electron chi connectivity index (χ3n) is 5.00. The Bertz CT molecular complexity index is 1490. The number of carbonyl (C=O) groups excluding carboxylic acids is 1. The number of nitrogens with one attached hydrogen (secondary N) is 1. The molecule has 1 aromatic heterocycles. The Morgan fingerprint density at radius 1 is 1.03 bits per heavy atom. The number of aromatic hydroxyl groups is 1. The van der Waals surface area contributed by atoms with Crippen molar-refractivity contribution < 1.29 is 27.5 Å². The maximum absolute atomic E-state index is 12.5. The highest BCUT2D eigenvalue weighted by atomic mass is 32.2. The van der Waals surface area contributed by atoms with Crippen LogP contribution < -0.4 is 10.3 Å². The quantitative estimate of drug-likeness (QED) is 0.326. The van der Waals surface area contributed by atoms with Crippen molar-refractivity contribution in [3.63, 3.8) is 0 Å². The molecule has 0 bridgehead atoms. The van der Waals surface area contributed by atoms with Crippen molar-refractivity contribution in [2.45, 2.75) is 18.4 Å². The van der Waals surface area contributed by atoms with E-state index in [-0.39, 0.29) is 28.4 Å². The number of para-hydroxylation sites is 1. The molecule has 0 aliphatic heterocycles. The molecular formula is C24H19NO7S. The normalized spacial score (nSPS) is 11.3. The molecule has 0 aliphatic rings. The second kappa shape index (κ2) is 8.79. The van der Waals surface area contributed by atoms with Crippen LogP contribution in [0.15, 0.2) is 86.9 Å². The first-order chi connectivity index (χ1) is 15.7. The van der Waals surface area contributed by atoms with Gasteiger partial charge in [-0.05, 0) is 55.5 Å². The molecular weight excluding hydrogens is 446 g/mol. The van der Waals surface area contributed by atoms with Gasteiger partial charge in [0.05, 0.1) is 10.5 Å². The van der Waals surface area contributed by atoms with Gasteiger partial charge in [-0.15, -0.1) is 0 Å². The van der Waals surface area contributed by atoms with Gasteiger partial charge in [0, 0.05) is 28.3 Å². The van der Waals surface area contributed by atoms with Gasteiger partial charge >= 0.3 is 11.6 Å². The average Bonchev–Trinajstić information content (AvgIpc) is 2.80. The number of carbonyl (C=O) groups is 1. The summed E-state index contributed by atoms with van der Waals surface area (Å²) in [5.41, 5.74) is 0.971. The number of sulfonamides is 1. The van der Waals surface area contributed by atoms with E-state index in [9.17, 15) is 23.1 Å². The molecule has 0 amide bonds. The lowest BCUT2D eigenvalue weighted by Gasteiger charge is -2.10. The predicted octanol–water partition coefficient (Wildman–Crippen LogP) is 3.96. The first-order valence-electron chi connectivity index (χ1n) is 9.85. The molecule has 3 aromatic carbocycles. The average molecular weight is 465 g/mol. The Labute approximate surface area is 189 Å². The van der Waals surface area contributed by atoms with Crippen LogP contribution in [0.25, 0.3) is 11.0 Å². The Kier molecular flexibility index (Phi) is 5.89. The maximum atomic E-state index is 12.5. The van der Waals surface area contributed by atoms with Crippen molar-refractivity contribution in [3.05, 3.63) is 99.9 Å². The van der Waals surface area contributed by atoms with Crippen molar-refractivity contribution in [2.75, 3.05) is 4.72 Å². The molecule has 2 N–H and O–H groups in total. The van der Waals surface area contributed by atoms with Crippen LogP contribution >= 0.6 is 0 Å². The summed E-state index contributed by atoms with van der Waals surface area (Å²) in [4.78, 5) is 24.4. The summed E-state index contributed by atoms with van der Waals surface area (Å²) in [7, 11) is -3.82. The lowest BCUT2D eigenvalue weighted by atomic mass is 10.1. The number of hydrogen-bond acceptors (Lipinski definition) is 7. The number of phenols is 1. The van der Waals surface area contributed by atoms with E-state index in [0.29, 0.717) is 22.2 Å². The van der Waals surface area contributed by atoms with E-state index >= 15 is 0 Å². The highest BCUT2D eigenvalue weighted by Gasteiger charge is 2.17. The maximum Gasteiger partial charge on any atom is 0.338 e. The monoisotopic (exact) mass is 465 g/mol. The number of aryl methyl sites for hydroxylation is 1. The van der Waals surface area contributed by atoms with Crippen LogP contribution in [0, 0.1) is 6.92 Å². The zero-order valence-corrected chi connectivity index (χ0v) is 18.3. The standard InChI is InChI=1S/C24H19NO7S/c1-15-21(26)12-11-20-17(13-22(27)32-23(15)20)14-31-24(28)16-7-9-19(10-8-16)33(29,30)25-18-5-3-2-4-6-18/h2-13,25-26H,14H2,1H3. The summed E-state index contributed by atoms with van der Waals surface area (Å²) in [6.07, 6.45) is 0. The van der Waals surface area contributed by atoms with E-state index in [0.717, 1.165) is 0 Å². The lowest BCUT2D eigenvalue weighted by molar-refractivity contribution is 0.0473. The van der Waals surface area contributed by atoms with E-state index in [4.69, 9.17) is 9.15 Å².